The maximum Gasteiger partial charge on any atom is 0.241 e. The minimum atomic E-state index is 0.607. The predicted molar refractivity (Wildman–Crippen MR) is 111 cm³/mol. The first-order valence-electron chi connectivity index (χ1n) is 9.93. The number of piperazine rings is 1. The molecule has 0 spiro atoms. The first-order valence-corrected chi connectivity index (χ1v) is 9.93. The zero-order valence-corrected chi connectivity index (χ0v) is 16.9. The van der Waals surface area contributed by atoms with Crippen LogP contribution in [0.3, 0.4) is 0 Å². The first-order chi connectivity index (χ1) is 14.3. The van der Waals surface area contributed by atoms with E-state index >= 15 is 0 Å². The SMILES string of the molecule is CCOc1ccc(-c2noc(CN3CCN(c4ccccc4OC)CC3)n2)cc1. The average molecular weight is 394 g/mol. The van der Waals surface area contributed by atoms with E-state index in [1.54, 1.807) is 7.11 Å². The van der Waals surface area contributed by atoms with Crippen molar-refractivity contribution in [3.05, 3.63) is 54.4 Å². The van der Waals surface area contributed by atoms with Gasteiger partial charge in [-0.1, -0.05) is 17.3 Å². The molecule has 1 aliphatic rings. The van der Waals surface area contributed by atoms with Crippen LogP contribution in [0.25, 0.3) is 11.4 Å². The maximum absolute atomic E-state index is 5.49. The van der Waals surface area contributed by atoms with E-state index in [-0.39, 0.29) is 0 Å². The molecule has 7 heteroatoms. The minimum Gasteiger partial charge on any atom is -0.495 e. The summed E-state index contributed by atoms with van der Waals surface area (Å²) in [6, 6.07) is 15.9. The molecular formula is C22H26N4O3. The predicted octanol–water partition coefficient (Wildman–Crippen LogP) is 3.47. The lowest BCUT2D eigenvalue weighted by atomic mass is 10.2. The topological polar surface area (TPSA) is 63.9 Å². The highest BCUT2D eigenvalue weighted by Gasteiger charge is 2.21. The molecule has 7 nitrogen and oxygen atoms in total. The molecule has 1 aliphatic heterocycles. The van der Waals surface area contributed by atoms with E-state index in [0.29, 0.717) is 24.9 Å². The second-order valence-electron chi connectivity index (χ2n) is 6.90. The third-order valence-corrected chi connectivity index (χ3v) is 5.05. The summed E-state index contributed by atoms with van der Waals surface area (Å²) in [7, 11) is 1.71. The Morgan fingerprint density at radius 1 is 1.00 bits per heavy atom. The number of anilines is 1. The van der Waals surface area contributed by atoms with Gasteiger partial charge in [-0.25, -0.2) is 0 Å². The number of hydrogen-bond acceptors (Lipinski definition) is 7. The summed E-state index contributed by atoms with van der Waals surface area (Å²) in [5.41, 5.74) is 2.06. The molecule has 0 amide bonds. The fourth-order valence-electron chi connectivity index (χ4n) is 3.53. The standard InChI is InChI=1S/C22H26N4O3/c1-3-28-18-10-8-17(9-11-18)22-23-21(29-24-22)16-25-12-14-26(15-13-25)19-6-4-5-7-20(19)27-2/h4-11H,3,12-16H2,1-2H3. The molecule has 29 heavy (non-hydrogen) atoms. The molecule has 152 valence electrons. The van der Waals surface area contributed by atoms with E-state index in [2.05, 4.69) is 26.0 Å². The van der Waals surface area contributed by atoms with Crippen LogP contribution in [0.5, 0.6) is 11.5 Å². The van der Waals surface area contributed by atoms with Crippen molar-refractivity contribution in [2.45, 2.75) is 13.5 Å². The van der Waals surface area contributed by atoms with E-state index in [0.717, 1.165) is 48.9 Å². The fraction of sp³-hybridized carbons (Fsp3) is 0.364. The third-order valence-electron chi connectivity index (χ3n) is 5.05. The molecule has 0 bridgehead atoms. The van der Waals surface area contributed by atoms with Crippen LogP contribution in [0.1, 0.15) is 12.8 Å². The van der Waals surface area contributed by atoms with Crippen LogP contribution >= 0.6 is 0 Å². The van der Waals surface area contributed by atoms with Crippen LogP contribution in [0.15, 0.2) is 53.1 Å². The zero-order valence-electron chi connectivity index (χ0n) is 16.9. The monoisotopic (exact) mass is 394 g/mol. The van der Waals surface area contributed by atoms with Gasteiger partial charge in [0.15, 0.2) is 0 Å². The number of aromatic nitrogens is 2. The Morgan fingerprint density at radius 3 is 2.48 bits per heavy atom. The molecule has 0 unspecified atom stereocenters. The van der Waals surface area contributed by atoms with Crippen molar-refractivity contribution >= 4 is 5.69 Å². The molecule has 2 aromatic carbocycles. The lowest BCUT2D eigenvalue weighted by Gasteiger charge is -2.35. The minimum absolute atomic E-state index is 0.607. The highest BCUT2D eigenvalue weighted by molar-refractivity contribution is 5.58. The van der Waals surface area contributed by atoms with Crippen LogP contribution in [0.2, 0.25) is 0 Å². The van der Waals surface area contributed by atoms with E-state index in [4.69, 9.17) is 14.0 Å². The molecule has 1 aromatic heterocycles. The highest BCUT2D eigenvalue weighted by Crippen LogP contribution is 2.28. The first kappa shape index (κ1) is 19.3. The molecule has 0 aliphatic carbocycles. The third kappa shape index (κ3) is 4.51. The van der Waals surface area contributed by atoms with Gasteiger partial charge in [0, 0.05) is 31.7 Å². The quantitative estimate of drug-likeness (QED) is 0.608. The molecule has 2 heterocycles. The Balaban J connectivity index is 1.34. The van der Waals surface area contributed by atoms with Gasteiger partial charge in [0.25, 0.3) is 0 Å². The normalized spacial score (nSPS) is 14.8. The lowest BCUT2D eigenvalue weighted by molar-refractivity contribution is 0.215. The second-order valence-corrected chi connectivity index (χ2v) is 6.90. The van der Waals surface area contributed by atoms with Crippen LogP contribution in [-0.4, -0.2) is 54.9 Å². The van der Waals surface area contributed by atoms with E-state index in [1.165, 1.54) is 0 Å². The summed E-state index contributed by atoms with van der Waals surface area (Å²) in [5.74, 6) is 3.00. The van der Waals surface area contributed by atoms with Gasteiger partial charge in [-0.05, 0) is 43.3 Å². The maximum atomic E-state index is 5.49. The van der Waals surface area contributed by atoms with Crippen molar-refractivity contribution in [3.63, 3.8) is 0 Å². The molecule has 0 saturated carbocycles. The van der Waals surface area contributed by atoms with Crippen LogP contribution in [0, 0.1) is 0 Å². The van der Waals surface area contributed by atoms with Crippen molar-refractivity contribution in [3.8, 4) is 22.9 Å². The van der Waals surface area contributed by atoms with Gasteiger partial charge in [0.1, 0.15) is 11.5 Å². The Kier molecular flexibility index (Phi) is 5.95. The van der Waals surface area contributed by atoms with Gasteiger partial charge >= 0.3 is 0 Å². The van der Waals surface area contributed by atoms with Gasteiger partial charge < -0.3 is 18.9 Å². The molecule has 1 fully saturated rings. The summed E-state index contributed by atoms with van der Waals surface area (Å²) < 4.78 is 16.4. The van der Waals surface area contributed by atoms with Crippen molar-refractivity contribution < 1.29 is 14.0 Å². The molecule has 0 N–H and O–H groups in total. The Hall–Kier alpha value is -3.06. The summed E-state index contributed by atoms with van der Waals surface area (Å²) in [6.45, 7) is 6.99. The Morgan fingerprint density at radius 2 is 1.76 bits per heavy atom. The van der Waals surface area contributed by atoms with Gasteiger partial charge in [0.2, 0.25) is 11.7 Å². The van der Waals surface area contributed by atoms with Crippen molar-refractivity contribution in [2.24, 2.45) is 0 Å². The summed E-state index contributed by atoms with van der Waals surface area (Å²) in [6.07, 6.45) is 0. The summed E-state index contributed by atoms with van der Waals surface area (Å²) in [5, 5.41) is 4.13. The highest BCUT2D eigenvalue weighted by atomic mass is 16.5. The van der Waals surface area contributed by atoms with Crippen LogP contribution in [-0.2, 0) is 6.54 Å². The second kappa shape index (κ2) is 8.96. The fourth-order valence-corrected chi connectivity index (χ4v) is 3.53. The summed E-state index contributed by atoms with van der Waals surface area (Å²) >= 11 is 0. The molecule has 1 saturated heterocycles. The number of nitrogens with zero attached hydrogens (tertiary/aromatic N) is 4. The lowest BCUT2D eigenvalue weighted by Crippen LogP contribution is -2.46. The number of benzene rings is 2. The number of methoxy groups -OCH3 is 1. The largest absolute Gasteiger partial charge is 0.495 e. The number of rotatable bonds is 7. The van der Waals surface area contributed by atoms with Gasteiger partial charge in [-0.3, -0.25) is 4.90 Å². The van der Waals surface area contributed by atoms with Crippen molar-refractivity contribution in [2.75, 3.05) is 44.8 Å². The zero-order chi connectivity index (χ0) is 20.1. The van der Waals surface area contributed by atoms with Gasteiger partial charge in [0.05, 0.1) is 25.9 Å². The molecule has 4 rings (SSSR count). The van der Waals surface area contributed by atoms with Gasteiger partial charge in [-0.2, -0.15) is 4.98 Å². The Labute approximate surface area is 170 Å². The average Bonchev–Trinajstić information content (AvgIpc) is 3.23. The van der Waals surface area contributed by atoms with Crippen LogP contribution in [0.4, 0.5) is 5.69 Å². The van der Waals surface area contributed by atoms with E-state index in [9.17, 15) is 0 Å². The van der Waals surface area contributed by atoms with E-state index < -0.39 is 0 Å². The number of ether oxygens (including phenoxy) is 2. The van der Waals surface area contributed by atoms with Gasteiger partial charge in [-0.15, -0.1) is 0 Å². The van der Waals surface area contributed by atoms with Crippen molar-refractivity contribution in [1.29, 1.82) is 0 Å². The Bertz CT molecular complexity index is 918. The molecule has 3 aromatic rings. The smallest absolute Gasteiger partial charge is 0.241 e. The van der Waals surface area contributed by atoms with Crippen LogP contribution < -0.4 is 14.4 Å². The molecular weight excluding hydrogens is 368 g/mol. The van der Waals surface area contributed by atoms with E-state index in [1.807, 2.05) is 49.4 Å². The summed E-state index contributed by atoms with van der Waals surface area (Å²) in [4.78, 5) is 9.25. The van der Waals surface area contributed by atoms with Crippen molar-refractivity contribution in [1.82, 2.24) is 15.0 Å². The molecule has 0 atom stereocenters. The number of hydrogen-bond donors (Lipinski definition) is 0. The number of para-hydroxylation sites is 2. The molecule has 0 radical (unpaired) electrons.